The summed E-state index contributed by atoms with van der Waals surface area (Å²) < 4.78 is 47.7. The molecule has 4 nitrogen and oxygen atoms in total. The van der Waals surface area contributed by atoms with Crippen molar-refractivity contribution < 1.29 is 27.4 Å². The predicted octanol–water partition coefficient (Wildman–Crippen LogP) is 5.05. The minimum absolute atomic E-state index is 0.0257. The third kappa shape index (κ3) is 3.63. The van der Waals surface area contributed by atoms with Crippen molar-refractivity contribution in [2.24, 2.45) is 0 Å². The van der Waals surface area contributed by atoms with E-state index in [1.54, 1.807) is 0 Å². The molecule has 22 heavy (non-hydrogen) atoms. The maximum atomic E-state index is 12.7. The first kappa shape index (κ1) is 16.9. The first-order valence-corrected chi connectivity index (χ1v) is 7.09. The highest BCUT2D eigenvalue weighted by Crippen LogP contribution is 2.39. The topological polar surface area (TPSA) is 48.4 Å². The highest BCUT2D eigenvalue weighted by molar-refractivity contribution is 7.15. The van der Waals surface area contributed by atoms with Gasteiger partial charge in [0.2, 0.25) is 0 Å². The van der Waals surface area contributed by atoms with Gasteiger partial charge in [-0.15, -0.1) is 0 Å². The van der Waals surface area contributed by atoms with Crippen molar-refractivity contribution in [3.8, 4) is 10.9 Å². The smallest absolute Gasteiger partial charge is 0.416 e. The minimum atomic E-state index is -4.54. The molecule has 0 aliphatic rings. The van der Waals surface area contributed by atoms with E-state index in [0.717, 1.165) is 36.6 Å². The Kier molecular flexibility index (Phi) is 4.84. The van der Waals surface area contributed by atoms with Gasteiger partial charge in [-0.3, -0.25) is 0 Å². The summed E-state index contributed by atoms with van der Waals surface area (Å²) >= 11 is 12.3. The number of halogens is 5. The minimum Gasteiger partial charge on any atom is -0.465 e. The van der Waals surface area contributed by atoms with Crippen molar-refractivity contribution in [3.05, 3.63) is 38.8 Å². The van der Waals surface area contributed by atoms with Crippen LogP contribution in [-0.4, -0.2) is 18.1 Å². The quantitative estimate of drug-likeness (QED) is 0.708. The fourth-order valence-corrected chi connectivity index (χ4v) is 2.61. The van der Waals surface area contributed by atoms with Crippen LogP contribution in [0.5, 0.6) is 10.9 Å². The lowest BCUT2D eigenvalue weighted by Gasteiger charge is -2.09. The summed E-state index contributed by atoms with van der Waals surface area (Å²) in [5.74, 6) is -0.981. The number of hydrogen-bond acceptors (Lipinski definition) is 5. The molecule has 1 aromatic heterocycles. The van der Waals surface area contributed by atoms with Crippen LogP contribution in [0.15, 0.2) is 18.2 Å². The number of nitrogens with zero attached hydrogens (tertiary/aromatic N) is 1. The second-order valence-electron chi connectivity index (χ2n) is 3.84. The Hall–Kier alpha value is -1.51. The van der Waals surface area contributed by atoms with Crippen molar-refractivity contribution >= 4 is 40.5 Å². The van der Waals surface area contributed by atoms with Crippen LogP contribution in [0.25, 0.3) is 0 Å². The van der Waals surface area contributed by atoms with Crippen LogP contribution < -0.4 is 4.74 Å². The lowest BCUT2D eigenvalue weighted by atomic mass is 10.2. The van der Waals surface area contributed by atoms with E-state index in [2.05, 4.69) is 9.72 Å². The summed E-state index contributed by atoms with van der Waals surface area (Å²) in [5, 5.41) is -0.347. The zero-order chi connectivity index (χ0) is 16.5. The van der Waals surface area contributed by atoms with Gasteiger partial charge in [0.05, 0.1) is 17.7 Å². The molecule has 0 fully saturated rings. The lowest BCUT2D eigenvalue weighted by molar-refractivity contribution is -0.137. The van der Waals surface area contributed by atoms with Crippen molar-refractivity contribution in [2.75, 3.05) is 7.11 Å². The van der Waals surface area contributed by atoms with E-state index in [9.17, 15) is 18.0 Å². The number of esters is 1. The number of aromatic nitrogens is 1. The van der Waals surface area contributed by atoms with Gasteiger partial charge in [0.1, 0.15) is 5.75 Å². The number of rotatable bonds is 3. The highest BCUT2D eigenvalue weighted by atomic mass is 35.5. The second kappa shape index (κ2) is 6.31. The molecule has 0 radical (unpaired) electrons. The molecule has 0 amide bonds. The van der Waals surface area contributed by atoms with Crippen molar-refractivity contribution in [3.63, 3.8) is 0 Å². The van der Waals surface area contributed by atoms with Crippen LogP contribution in [0.1, 0.15) is 15.2 Å². The van der Waals surface area contributed by atoms with E-state index < -0.39 is 17.7 Å². The van der Waals surface area contributed by atoms with Crippen LogP contribution in [0.2, 0.25) is 10.2 Å². The van der Waals surface area contributed by atoms with Crippen molar-refractivity contribution in [2.45, 2.75) is 6.18 Å². The van der Waals surface area contributed by atoms with E-state index in [1.807, 2.05) is 0 Å². The average Bonchev–Trinajstić information content (AvgIpc) is 2.80. The Labute approximate surface area is 136 Å². The molecule has 0 saturated heterocycles. The molecule has 0 aliphatic carbocycles. The number of carbonyl (C=O) groups excluding carboxylic acids is 1. The Balaban J connectivity index is 2.33. The maximum Gasteiger partial charge on any atom is 0.416 e. The highest BCUT2D eigenvalue weighted by Gasteiger charge is 2.31. The summed E-state index contributed by atoms with van der Waals surface area (Å²) in [4.78, 5) is 15.1. The molecular formula is C12H6Cl2F3NO3S. The number of benzene rings is 1. The van der Waals surface area contributed by atoms with Gasteiger partial charge in [0, 0.05) is 0 Å². The van der Waals surface area contributed by atoms with Crippen molar-refractivity contribution in [1.82, 2.24) is 4.98 Å². The lowest BCUT2D eigenvalue weighted by Crippen LogP contribution is -2.04. The number of ether oxygens (including phenoxy) is 2. The fourth-order valence-electron chi connectivity index (χ4n) is 1.40. The zero-order valence-corrected chi connectivity index (χ0v) is 13.0. The molecule has 0 atom stereocenters. The monoisotopic (exact) mass is 371 g/mol. The molecule has 2 rings (SSSR count). The average molecular weight is 372 g/mol. The maximum absolute atomic E-state index is 12.7. The first-order valence-electron chi connectivity index (χ1n) is 5.51. The number of hydrogen-bond donors (Lipinski definition) is 0. The van der Waals surface area contributed by atoms with Gasteiger partial charge in [0.25, 0.3) is 5.19 Å². The Morgan fingerprint density at radius 3 is 2.59 bits per heavy atom. The van der Waals surface area contributed by atoms with Gasteiger partial charge >= 0.3 is 12.1 Å². The van der Waals surface area contributed by atoms with Gasteiger partial charge < -0.3 is 9.47 Å². The standard InChI is InChI=1S/C12H6Cl2F3NO3S/c1-20-10(19)8-9(14)18-11(22-8)21-7-4-5(12(15,16)17)2-3-6(7)13/h2-4H,1H3. The van der Waals surface area contributed by atoms with Crippen LogP contribution in [0, 0.1) is 0 Å². The Morgan fingerprint density at radius 1 is 1.32 bits per heavy atom. The number of methoxy groups -OCH3 is 1. The third-order valence-corrected chi connectivity index (χ3v) is 4.00. The summed E-state index contributed by atoms with van der Waals surface area (Å²) in [6, 6.07) is 2.61. The number of carbonyl (C=O) groups is 1. The Morgan fingerprint density at radius 2 is 2.00 bits per heavy atom. The van der Waals surface area contributed by atoms with Crippen LogP contribution >= 0.6 is 34.5 Å². The molecule has 0 unspecified atom stereocenters. The molecular weight excluding hydrogens is 366 g/mol. The molecule has 0 N–H and O–H groups in total. The largest absolute Gasteiger partial charge is 0.465 e. The zero-order valence-electron chi connectivity index (χ0n) is 10.7. The van der Waals surface area contributed by atoms with Crippen LogP contribution in [0.4, 0.5) is 13.2 Å². The molecule has 1 heterocycles. The van der Waals surface area contributed by atoms with Gasteiger partial charge in [-0.05, 0) is 18.2 Å². The molecule has 1 aromatic carbocycles. The van der Waals surface area contributed by atoms with E-state index in [4.69, 9.17) is 27.9 Å². The normalized spacial score (nSPS) is 11.4. The van der Waals surface area contributed by atoms with Gasteiger partial charge in [-0.1, -0.05) is 34.5 Å². The fraction of sp³-hybridized carbons (Fsp3) is 0.167. The molecule has 2 aromatic rings. The molecule has 0 spiro atoms. The molecule has 0 saturated carbocycles. The summed E-state index contributed by atoms with van der Waals surface area (Å²) in [6.07, 6.45) is -4.54. The predicted molar refractivity (Wildman–Crippen MR) is 75.0 cm³/mol. The first-order chi connectivity index (χ1) is 10.2. The molecule has 0 aliphatic heterocycles. The number of alkyl halides is 3. The summed E-state index contributed by atoms with van der Waals surface area (Å²) in [6.45, 7) is 0. The Bertz CT molecular complexity index is 718. The van der Waals surface area contributed by atoms with Crippen LogP contribution in [0.3, 0.4) is 0 Å². The van der Waals surface area contributed by atoms with E-state index in [0.29, 0.717) is 0 Å². The van der Waals surface area contributed by atoms with Gasteiger partial charge in [-0.2, -0.15) is 18.2 Å². The van der Waals surface area contributed by atoms with E-state index in [1.165, 1.54) is 0 Å². The molecule has 118 valence electrons. The summed E-state index contributed by atoms with van der Waals surface area (Å²) in [5.41, 5.74) is -0.928. The molecule has 10 heteroatoms. The SMILES string of the molecule is COC(=O)c1sc(Oc2cc(C(F)(F)F)ccc2Cl)nc1Cl. The van der Waals surface area contributed by atoms with Gasteiger partial charge in [-0.25, -0.2) is 4.79 Å². The van der Waals surface area contributed by atoms with E-state index >= 15 is 0 Å². The summed E-state index contributed by atoms with van der Waals surface area (Å²) in [7, 11) is 1.16. The second-order valence-corrected chi connectivity index (χ2v) is 5.56. The molecule has 0 bridgehead atoms. The third-order valence-electron chi connectivity index (χ3n) is 2.39. The van der Waals surface area contributed by atoms with Gasteiger partial charge in [0.15, 0.2) is 10.0 Å². The van der Waals surface area contributed by atoms with Crippen molar-refractivity contribution in [1.29, 1.82) is 0 Å². The van der Waals surface area contributed by atoms with E-state index in [-0.39, 0.29) is 26.0 Å². The van der Waals surface area contributed by atoms with Crippen LogP contribution in [-0.2, 0) is 10.9 Å². The number of thiazole rings is 1.